The Morgan fingerprint density at radius 1 is 1.44 bits per heavy atom. The Balaban J connectivity index is 1.90. The lowest BCUT2D eigenvalue weighted by molar-refractivity contribution is -0.0385. The maximum Gasteiger partial charge on any atom is 0.0856 e. The molecule has 0 saturated carbocycles. The van der Waals surface area contributed by atoms with Gasteiger partial charge in [0.2, 0.25) is 0 Å². The highest BCUT2D eigenvalue weighted by atomic mass is 79.9. The quantitative estimate of drug-likeness (QED) is 0.924. The predicted octanol–water partition coefficient (Wildman–Crippen LogP) is 2.04. The second kappa shape index (κ2) is 6.66. The number of rotatable bonds is 4. The van der Waals surface area contributed by atoms with Gasteiger partial charge in [-0.1, -0.05) is 35.0 Å². The number of hydrogen-bond donors (Lipinski definition) is 1. The minimum atomic E-state index is 0.0699. The summed E-state index contributed by atoms with van der Waals surface area (Å²) >= 11 is 3.44. The Bertz CT molecular complexity index is 369. The molecule has 2 N–H and O–H groups in total. The van der Waals surface area contributed by atoms with E-state index in [0.717, 1.165) is 37.1 Å². The third-order valence-electron chi connectivity index (χ3n) is 3.49. The predicted molar refractivity (Wildman–Crippen MR) is 77.7 cm³/mol. The van der Waals surface area contributed by atoms with Gasteiger partial charge in [0.05, 0.1) is 12.7 Å². The van der Waals surface area contributed by atoms with Crippen LogP contribution in [-0.2, 0) is 11.2 Å². The molecule has 0 aliphatic carbocycles. The molecular weight excluding hydrogens is 292 g/mol. The van der Waals surface area contributed by atoms with Gasteiger partial charge < -0.3 is 10.5 Å². The van der Waals surface area contributed by atoms with Gasteiger partial charge in [0, 0.05) is 23.6 Å². The van der Waals surface area contributed by atoms with Gasteiger partial charge >= 0.3 is 0 Å². The van der Waals surface area contributed by atoms with Crippen LogP contribution in [0.25, 0.3) is 0 Å². The number of hydrogen-bond acceptors (Lipinski definition) is 3. The van der Waals surface area contributed by atoms with E-state index in [9.17, 15) is 0 Å². The summed E-state index contributed by atoms with van der Waals surface area (Å²) in [5.41, 5.74) is 7.54. The van der Waals surface area contributed by atoms with Crippen molar-refractivity contribution in [2.45, 2.75) is 25.5 Å². The lowest BCUT2D eigenvalue weighted by atomic mass is 10.0. The Labute approximate surface area is 117 Å². The molecule has 100 valence electrons. The van der Waals surface area contributed by atoms with Gasteiger partial charge in [-0.05, 0) is 30.7 Å². The average Bonchev–Trinajstić information content (AvgIpc) is 2.41. The summed E-state index contributed by atoms with van der Waals surface area (Å²) in [7, 11) is 0. The first-order valence-electron chi connectivity index (χ1n) is 6.53. The third kappa shape index (κ3) is 3.79. The normalized spacial score (nSPS) is 22.9. The molecule has 4 heteroatoms. The fraction of sp³-hybridized carbons (Fsp3) is 0.571. The fourth-order valence-corrected chi connectivity index (χ4v) is 2.57. The average molecular weight is 313 g/mol. The van der Waals surface area contributed by atoms with Crippen LogP contribution in [0.3, 0.4) is 0 Å². The van der Waals surface area contributed by atoms with Crippen LogP contribution in [0.5, 0.6) is 0 Å². The Kier molecular flexibility index (Phi) is 5.18. The molecule has 1 aromatic carbocycles. The van der Waals surface area contributed by atoms with E-state index in [-0.39, 0.29) is 12.1 Å². The van der Waals surface area contributed by atoms with Crippen molar-refractivity contribution in [1.29, 1.82) is 0 Å². The number of nitrogens with zero attached hydrogens (tertiary/aromatic N) is 1. The van der Waals surface area contributed by atoms with Crippen LogP contribution in [0.4, 0.5) is 0 Å². The molecule has 2 unspecified atom stereocenters. The first kappa shape index (κ1) is 14.0. The molecule has 2 atom stereocenters. The maximum atomic E-state index is 6.27. The largest absolute Gasteiger partial charge is 0.374 e. The van der Waals surface area contributed by atoms with Crippen molar-refractivity contribution in [2.75, 3.05) is 26.2 Å². The maximum absolute atomic E-state index is 6.27. The smallest absolute Gasteiger partial charge is 0.0856 e. The van der Waals surface area contributed by atoms with Crippen molar-refractivity contribution in [2.24, 2.45) is 5.73 Å². The Hall–Kier alpha value is -0.420. The van der Waals surface area contributed by atoms with E-state index in [4.69, 9.17) is 10.5 Å². The summed E-state index contributed by atoms with van der Waals surface area (Å²) in [5, 5.41) is 0. The number of ether oxygens (including phenoxy) is 1. The van der Waals surface area contributed by atoms with Crippen molar-refractivity contribution in [3.05, 3.63) is 34.3 Å². The monoisotopic (exact) mass is 312 g/mol. The summed E-state index contributed by atoms with van der Waals surface area (Å²) in [5.74, 6) is 0. The first-order valence-corrected chi connectivity index (χ1v) is 7.32. The van der Waals surface area contributed by atoms with E-state index in [1.54, 1.807) is 0 Å². The number of morpholine rings is 1. The highest BCUT2D eigenvalue weighted by Crippen LogP contribution is 2.15. The molecule has 18 heavy (non-hydrogen) atoms. The molecule has 0 aromatic heterocycles. The molecule has 1 saturated heterocycles. The van der Waals surface area contributed by atoms with E-state index < -0.39 is 0 Å². The highest BCUT2D eigenvalue weighted by Gasteiger charge is 2.25. The zero-order valence-electron chi connectivity index (χ0n) is 10.8. The molecule has 0 amide bonds. The van der Waals surface area contributed by atoms with Crippen LogP contribution in [0.15, 0.2) is 28.7 Å². The zero-order chi connectivity index (χ0) is 13.0. The Morgan fingerprint density at radius 3 is 2.83 bits per heavy atom. The molecule has 0 bridgehead atoms. The van der Waals surface area contributed by atoms with Crippen LogP contribution < -0.4 is 5.73 Å². The van der Waals surface area contributed by atoms with Crippen molar-refractivity contribution in [1.82, 2.24) is 4.90 Å². The molecule has 1 heterocycles. The van der Waals surface area contributed by atoms with E-state index in [0.29, 0.717) is 0 Å². The number of likely N-dealkylation sites (N-methyl/N-ethyl adjacent to an activating group) is 1. The molecule has 0 radical (unpaired) electrons. The van der Waals surface area contributed by atoms with Crippen LogP contribution >= 0.6 is 15.9 Å². The summed E-state index contributed by atoms with van der Waals surface area (Å²) in [6.07, 6.45) is 1.03. The number of halogens is 1. The molecule has 1 aliphatic heterocycles. The van der Waals surface area contributed by atoms with Gasteiger partial charge in [-0.3, -0.25) is 4.90 Å². The number of nitrogens with two attached hydrogens (primary N) is 1. The lowest BCUT2D eigenvalue weighted by Gasteiger charge is -2.35. The van der Waals surface area contributed by atoms with Crippen molar-refractivity contribution in [3.63, 3.8) is 0 Å². The highest BCUT2D eigenvalue weighted by molar-refractivity contribution is 9.10. The van der Waals surface area contributed by atoms with E-state index in [1.165, 1.54) is 5.56 Å². The topological polar surface area (TPSA) is 38.5 Å². The van der Waals surface area contributed by atoms with Gasteiger partial charge in [-0.15, -0.1) is 0 Å². The molecule has 3 nitrogen and oxygen atoms in total. The van der Waals surface area contributed by atoms with Gasteiger partial charge in [0.15, 0.2) is 0 Å². The fourth-order valence-electron chi connectivity index (χ4n) is 2.30. The summed E-state index contributed by atoms with van der Waals surface area (Å²) in [6.45, 7) is 6.03. The van der Waals surface area contributed by atoms with Gasteiger partial charge in [-0.2, -0.15) is 0 Å². The van der Waals surface area contributed by atoms with E-state index in [2.05, 4.69) is 52.0 Å². The van der Waals surface area contributed by atoms with Gasteiger partial charge in [0.1, 0.15) is 0 Å². The summed E-state index contributed by atoms with van der Waals surface area (Å²) in [6, 6.07) is 8.42. The lowest BCUT2D eigenvalue weighted by Crippen LogP contribution is -2.51. The summed E-state index contributed by atoms with van der Waals surface area (Å²) < 4.78 is 6.89. The minimum Gasteiger partial charge on any atom is -0.374 e. The second-order valence-electron chi connectivity index (χ2n) is 4.80. The van der Waals surface area contributed by atoms with E-state index in [1.807, 2.05) is 0 Å². The minimum absolute atomic E-state index is 0.0699. The van der Waals surface area contributed by atoms with Crippen LogP contribution in [0.1, 0.15) is 12.5 Å². The second-order valence-corrected chi connectivity index (χ2v) is 5.71. The van der Waals surface area contributed by atoms with Crippen LogP contribution in [0.2, 0.25) is 0 Å². The molecule has 1 fully saturated rings. The van der Waals surface area contributed by atoms with Crippen molar-refractivity contribution >= 4 is 15.9 Å². The van der Waals surface area contributed by atoms with Crippen molar-refractivity contribution < 1.29 is 4.74 Å². The van der Waals surface area contributed by atoms with Crippen LogP contribution in [0, 0.1) is 0 Å². The molecule has 0 spiro atoms. The third-order valence-corrected chi connectivity index (χ3v) is 4.02. The van der Waals surface area contributed by atoms with Gasteiger partial charge in [-0.25, -0.2) is 0 Å². The van der Waals surface area contributed by atoms with E-state index >= 15 is 0 Å². The molecular formula is C14H21BrN2O. The zero-order valence-corrected chi connectivity index (χ0v) is 12.4. The Morgan fingerprint density at radius 2 is 2.17 bits per heavy atom. The van der Waals surface area contributed by atoms with Crippen LogP contribution in [-0.4, -0.2) is 43.3 Å². The SMILES string of the molecule is CCN1CCOC(C(N)Cc2ccc(Br)cc2)C1. The van der Waals surface area contributed by atoms with Crippen molar-refractivity contribution in [3.8, 4) is 0 Å². The van der Waals surface area contributed by atoms with Gasteiger partial charge in [0.25, 0.3) is 0 Å². The molecule has 2 rings (SSSR count). The number of benzene rings is 1. The molecule has 1 aliphatic rings. The summed E-state index contributed by atoms with van der Waals surface area (Å²) in [4.78, 5) is 2.40. The molecule has 1 aromatic rings. The standard InChI is InChI=1S/C14H21BrN2O/c1-2-17-7-8-18-14(10-17)13(16)9-11-3-5-12(15)6-4-11/h3-6,13-14H,2,7-10,16H2,1H3. The first-order chi connectivity index (χ1) is 8.69.